The fourth-order valence-electron chi connectivity index (χ4n) is 3.00. The summed E-state index contributed by atoms with van der Waals surface area (Å²) in [4.78, 5) is 47.2. The molecule has 0 spiro atoms. The quantitative estimate of drug-likeness (QED) is 0.501. The van der Waals surface area contributed by atoms with Crippen molar-refractivity contribution in [3.05, 3.63) is 34.9 Å². The molecule has 2 N–H and O–H groups in total. The van der Waals surface area contributed by atoms with Gasteiger partial charge in [0.25, 0.3) is 5.91 Å². The largest absolute Gasteiger partial charge is 0.456 e. The summed E-state index contributed by atoms with van der Waals surface area (Å²) >= 11 is 0. The van der Waals surface area contributed by atoms with E-state index in [4.69, 9.17) is 4.74 Å². The lowest BCUT2D eigenvalue weighted by molar-refractivity contribution is -0.148. The Hall–Kier alpha value is -2.70. The van der Waals surface area contributed by atoms with Gasteiger partial charge in [-0.15, -0.1) is 0 Å². The molecule has 0 bridgehead atoms. The number of fused-ring (bicyclic) bond motifs is 1. The summed E-state index contributed by atoms with van der Waals surface area (Å²) in [6, 6.07) is 4.98. The monoisotopic (exact) mass is 374 g/mol. The second kappa shape index (κ2) is 9.85. The Balaban J connectivity index is 1.70. The molecule has 1 aliphatic rings. The molecule has 1 atom stereocenters. The maximum Gasteiger partial charge on any atom is 0.306 e. The molecule has 0 heterocycles. The SMILES string of the molecule is CCNC(=O)[C@H](C)NC(=O)COC(=O)CCC(=O)c1ccc2c(c1)CCC2. The van der Waals surface area contributed by atoms with Gasteiger partial charge in [0.2, 0.25) is 5.91 Å². The van der Waals surface area contributed by atoms with Gasteiger partial charge in [0, 0.05) is 18.5 Å². The van der Waals surface area contributed by atoms with Crippen molar-refractivity contribution in [3.63, 3.8) is 0 Å². The van der Waals surface area contributed by atoms with Gasteiger partial charge in [-0.05, 0) is 50.3 Å². The molecule has 0 saturated carbocycles. The molecule has 0 aliphatic heterocycles. The van der Waals surface area contributed by atoms with E-state index in [-0.39, 0.29) is 24.5 Å². The van der Waals surface area contributed by atoms with Crippen LogP contribution >= 0.6 is 0 Å². The highest BCUT2D eigenvalue weighted by Gasteiger charge is 2.17. The third-order valence-corrected chi connectivity index (χ3v) is 4.46. The highest BCUT2D eigenvalue weighted by Crippen LogP contribution is 2.23. The second-order valence-electron chi connectivity index (χ2n) is 6.60. The van der Waals surface area contributed by atoms with Crippen LogP contribution in [0.3, 0.4) is 0 Å². The van der Waals surface area contributed by atoms with E-state index in [1.165, 1.54) is 11.1 Å². The standard InChI is InChI=1S/C20H26N2O5/c1-3-21-20(26)13(2)22-18(24)12-27-19(25)10-9-17(23)16-8-7-14-5-4-6-15(14)11-16/h7-8,11,13H,3-6,9-10,12H2,1-2H3,(H,21,26)(H,22,24)/t13-/m0/s1. The van der Waals surface area contributed by atoms with E-state index in [2.05, 4.69) is 10.6 Å². The molecule has 2 rings (SSSR count). The Bertz CT molecular complexity index is 729. The minimum Gasteiger partial charge on any atom is -0.456 e. The summed E-state index contributed by atoms with van der Waals surface area (Å²) in [7, 11) is 0. The van der Waals surface area contributed by atoms with Crippen LogP contribution in [-0.4, -0.2) is 42.8 Å². The average Bonchev–Trinajstić information content (AvgIpc) is 3.12. The molecule has 1 aliphatic carbocycles. The Morgan fingerprint density at radius 2 is 1.85 bits per heavy atom. The number of amides is 2. The van der Waals surface area contributed by atoms with E-state index in [0.717, 1.165) is 19.3 Å². The van der Waals surface area contributed by atoms with E-state index in [0.29, 0.717) is 12.1 Å². The number of carbonyl (C=O) groups is 4. The molecule has 0 radical (unpaired) electrons. The highest BCUT2D eigenvalue weighted by molar-refractivity contribution is 5.98. The molecule has 7 nitrogen and oxygen atoms in total. The summed E-state index contributed by atoms with van der Waals surface area (Å²) < 4.78 is 4.87. The molecule has 0 fully saturated rings. The van der Waals surface area contributed by atoms with Gasteiger partial charge in [0.05, 0.1) is 6.42 Å². The van der Waals surface area contributed by atoms with Crippen LogP contribution in [0.5, 0.6) is 0 Å². The van der Waals surface area contributed by atoms with Gasteiger partial charge in [-0.25, -0.2) is 0 Å². The molecule has 2 amide bonds. The predicted octanol–water partition coefficient (Wildman–Crippen LogP) is 1.32. The van der Waals surface area contributed by atoms with Crippen molar-refractivity contribution in [1.82, 2.24) is 10.6 Å². The summed E-state index contributed by atoms with van der Waals surface area (Å²) in [5.41, 5.74) is 3.11. The number of ketones is 1. The molecule has 0 unspecified atom stereocenters. The van der Waals surface area contributed by atoms with Crippen LogP contribution in [-0.2, 0) is 32.0 Å². The topological polar surface area (TPSA) is 102 Å². The number of ether oxygens (including phenoxy) is 1. The average molecular weight is 374 g/mol. The number of Topliss-reactive ketones (excluding diaryl/α,β-unsaturated/α-hetero) is 1. The smallest absolute Gasteiger partial charge is 0.306 e. The maximum atomic E-state index is 12.2. The first kappa shape index (κ1) is 20.6. The number of likely N-dealkylation sites (N-methyl/N-ethyl adjacent to an activating group) is 1. The number of aryl methyl sites for hydroxylation is 2. The van der Waals surface area contributed by atoms with Crippen molar-refractivity contribution >= 4 is 23.6 Å². The first-order valence-electron chi connectivity index (χ1n) is 9.28. The lowest BCUT2D eigenvalue weighted by Crippen LogP contribution is -2.46. The van der Waals surface area contributed by atoms with Crippen molar-refractivity contribution in [3.8, 4) is 0 Å². The fourth-order valence-corrected chi connectivity index (χ4v) is 3.00. The van der Waals surface area contributed by atoms with Crippen LogP contribution in [0, 0.1) is 0 Å². The number of esters is 1. The molecule has 146 valence electrons. The second-order valence-corrected chi connectivity index (χ2v) is 6.60. The zero-order chi connectivity index (χ0) is 19.8. The van der Waals surface area contributed by atoms with Gasteiger partial charge in [-0.1, -0.05) is 12.1 Å². The predicted molar refractivity (Wildman–Crippen MR) is 99.3 cm³/mol. The molecule has 27 heavy (non-hydrogen) atoms. The van der Waals surface area contributed by atoms with Crippen molar-refractivity contribution in [1.29, 1.82) is 0 Å². The molecule has 0 aromatic heterocycles. The molecular formula is C20H26N2O5. The van der Waals surface area contributed by atoms with Gasteiger partial charge in [-0.2, -0.15) is 0 Å². The van der Waals surface area contributed by atoms with Gasteiger partial charge in [0.1, 0.15) is 6.04 Å². The molecular weight excluding hydrogens is 348 g/mol. The zero-order valence-corrected chi connectivity index (χ0v) is 15.8. The minimum atomic E-state index is -0.711. The number of rotatable bonds is 9. The minimum absolute atomic E-state index is 0.0363. The van der Waals surface area contributed by atoms with E-state index in [1.54, 1.807) is 19.9 Å². The number of benzene rings is 1. The number of hydrogen-bond donors (Lipinski definition) is 2. The molecule has 1 aromatic carbocycles. The van der Waals surface area contributed by atoms with Crippen molar-refractivity contribution < 1.29 is 23.9 Å². The van der Waals surface area contributed by atoms with E-state index >= 15 is 0 Å². The summed E-state index contributed by atoms with van der Waals surface area (Å²) in [5, 5.41) is 5.02. The van der Waals surface area contributed by atoms with Crippen LogP contribution in [0.15, 0.2) is 18.2 Å². The van der Waals surface area contributed by atoms with Crippen LogP contribution in [0.25, 0.3) is 0 Å². The third-order valence-electron chi connectivity index (χ3n) is 4.46. The van der Waals surface area contributed by atoms with Crippen molar-refractivity contribution in [2.75, 3.05) is 13.2 Å². The van der Waals surface area contributed by atoms with Crippen molar-refractivity contribution in [2.45, 2.75) is 52.0 Å². The maximum absolute atomic E-state index is 12.2. The number of hydrogen-bond acceptors (Lipinski definition) is 5. The fraction of sp³-hybridized carbons (Fsp3) is 0.500. The lowest BCUT2D eigenvalue weighted by atomic mass is 10.0. The Morgan fingerprint density at radius 1 is 1.11 bits per heavy atom. The van der Waals surface area contributed by atoms with Crippen LogP contribution < -0.4 is 10.6 Å². The summed E-state index contributed by atoms with van der Waals surface area (Å²) in [6.07, 6.45) is 3.10. The Labute approximate surface area is 158 Å². The molecule has 0 saturated heterocycles. The van der Waals surface area contributed by atoms with Crippen LogP contribution in [0.4, 0.5) is 0 Å². The Morgan fingerprint density at radius 3 is 2.59 bits per heavy atom. The summed E-state index contributed by atoms with van der Waals surface area (Å²) in [6.45, 7) is 3.31. The highest BCUT2D eigenvalue weighted by atomic mass is 16.5. The molecule has 7 heteroatoms. The van der Waals surface area contributed by atoms with Gasteiger partial charge in [-0.3, -0.25) is 19.2 Å². The van der Waals surface area contributed by atoms with E-state index < -0.39 is 24.5 Å². The summed E-state index contributed by atoms with van der Waals surface area (Å²) in [5.74, 6) is -1.61. The number of carbonyl (C=O) groups excluding carboxylic acids is 4. The normalized spacial score (nSPS) is 13.4. The zero-order valence-electron chi connectivity index (χ0n) is 15.8. The lowest BCUT2D eigenvalue weighted by Gasteiger charge is -2.13. The first-order chi connectivity index (χ1) is 12.9. The number of nitrogens with one attached hydrogen (secondary N) is 2. The van der Waals surface area contributed by atoms with Gasteiger partial charge < -0.3 is 15.4 Å². The first-order valence-corrected chi connectivity index (χ1v) is 9.28. The van der Waals surface area contributed by atoms with Crippen molar-refractivity contribution in [2.24, 2.45) is 0 Å². The third kappa shape index (κ3) is 6.20. The Kier molecular flexibility index (Phi) is 7.52. The van der Waals surface area contributed by atoms with Gasteiger partial charge in [0.15, 0.2) is 12.4 Å². The van der Waals surface area contributed by atoms with E-state index in [1.807, 2.05) is 12.1 Å². The van der Waals surface area contributed by atoms with Gasteiger partial charge >= 0.3 is 5.97 Å². The molecule has 1 aromatic rings. The van der Waals surface area contributed by atoms with E-state index in [9.17, 15) is 19.2 Å². The van der Waals surface area contributed by atoms with Crippen LogP contribution in [0.1, 0.15) is 54.6 Å². The van der Waals surface area contributed by atoms with Crippen LogP contribution in [0.2, 0.25) is 0 Å².